The first-order valence-electron chi connectivity index (χ1n) is 6.29. The van der Waals surface area contributed by atoms with Crippen LogP contribution in [0.5, 0.6) is 0 Å². The lowest BCUT2D eigenvalue weighted by molar-refractivity contribution is -0.112. The number of carbonyl (C=O) groups is 1. The van der Waals surface area contributed by atoms with Gasteiger partial charge in [0, 0.05) is 12.0 Å². The van der Waals surface area contributed by atoms with Crippen LogP contribution in [0.3, 0.4) is 0 Å². The summed E-state index contributed by atoms with van der Waals surface area (Å²) in [5.74, 6) is 1.56. The number of allylic oxidation sites excluding steroid dienone is 2. The molecule has 1 rings (SSSR count). The zero-order valence-electron chi connectivity index (χ0n) is 11.0. The van der Waals surface area contributed by atoms with Crippen molar-refractivity contribution in [2.24, 2.45) is 5.92 Å². The molecule has 0 N–H and O–H groups in total. The minimum Gasteiger partial charge on any atom is -0.547 e. The molecule has 92 valence electrons. The van der Waals surface area contributed by atoms with Gasteiger partial charge in [-0.3, -0.25) is 4.79 Å². The van der Waals surface area contributed by atoms with Crippen molar-refractivity contribution in [3.8, 4) is 0 Å². The van der Waals surface area contributed by atoms with Crippen molar-refractivity contribution >= 4 is 14.1 Å². The molecule has 0 heterocycles. The van der Waals surface area contributed by atoms with Crippen molar-refractivity contribution in [2.75, 3.05) is 0 Å². The molecule has 0 atom stereocenters. The van der Waals surface area contributed by atoms with E-state index in [1.165, 1.54) is 32.1 Å². The van der Waals surface area contributed by atoms with E-state index in [0.717, 1.165) is 5.76 Å². The summed E-state index contributed by atoms with van der Waals surface area (Å²) in [5, 5.41) is 0. The molecule has 3 heteroatoms. The van der Waals surface area contributed by atoms with E-state index in [2.05, 4.69) is 19.6 Å². The van der Waals surface area contributed by atoms with Crippen LogP contribution < -0.4 is 0 Å². The van der Waals surface area contributed by atoms with Crippen LogP contribution in [-0.4, -0.2) is 14.1 Å². The Kier molecular flexibility index (Phi) is 4.78. The van der Waals surface area contributed by atoms with Crippen LogP contribution in [0.4, 0.5) is 0 Å². The maximum atomic E-state index is 11.2. The first kappa shape index (κ1) is 13.5. The Balaban J connectivity index is 2.74. The summed E-state index contributed by atoms with van der Waals surface area (Å²) in [4.78, 5) is 11.2. The molecule has 0 aromatic heterocycles. The van der Waals surface area contributed by atoms with Gasteiger partial charge in [0.2, 0.25) is 8.32 Å². The number of carbonyl (C=O) groups excluding carboxylic acids is 1. The average Bonchev–Trinajstić information content (AvgIpc) is 2.15. The molecule has 0 bridgehead atoms. The van der Waals surface area contributed by atoms with Crippen molar-refractivity contribution in [1.82, 2.24) is 0 Å². The van der Waals surface area contributed by atoms with Crippen LogP contribution in [0, 0.1) is 5.92 Å². The second-order valence-corrected chi connectivity index (χ2v) is 10.1. The van der Waals surface area contributed by atoms with Crippen LogP contribution in [0.1, 0.15) is 39.0 Å². The minimum absolute atomic E-state index is 0.110. The maximum absolute atomic E-state index is 11.2. The highest BCUT2D eigenvalue weighted by Gasteiger charge is 2.25. The summed E-state index contributed by atoms with van der Waals surface area (Å²) < 4.78 is 6.07. The molecule has 0 aliphatic heterocycles. The molecule has 2 nitrogen and oxygen atoms in total. The second-order valence-electron chi connectivity index (χ2n) is 5.71. The van der Waals surface area contributed by atoms with Gasteiger partial charge in [0.1, 0.15) is 0 Å². The van der Waals surface area contributed by atoms with Crippen molar-refractivity contribution in [3.05, 3.63) is 11.8 Å². The summed E-state index contributed by atoms with van der Waals surface area (Å²) in [6.45, 7) is 8.12. The van der Waals surface area contributed by atoms with Gasteiger partial charge >= 0.3 is 0 Å². The van der Waals surface area contributed by atoms with Gasteiger partial charge in [-0.15, -0.1) is 0 Å². The van der Waals surface area contributed by atoms with Crippen molar-refractivity contribution < 1.29 is 9.22 Å². The van der Waals surface area contributed by atoms with E-state index in [4.69, 9.17) is 4.43 Å². The van der Waals surface area contributed by atoms with E-state index in [0.29, 0.717) is 5.92 Å². The fourth-order valence-electron chi connectivity index (χ4n) is 2.17. The fourth-order valence-corrected chi connectivity index (χ4v) is 3.10. The monoisotopic (exact) mass is 240 g/mol. The van der Waals surface area contributed by atoms with Gasteiger partial charge in [0.25, 0.3) is 0 Å². The topological polar surface area (TPSA) is 26.3 Å². The van der Waals surface area contributed by atoms with E-state index in [9.17, 15) is 4.79 Å². The summed E-state index contributed by atoms with van der Waals surface area (Å²) in [6, 6.07) is 0. The normalized spacial score (nSPS) is 19.6. The molecule has 1 saturated carbocycles. The lowest BCUT2D eigenvalue weighted by Crippen LogP contribution is -2.28. The van der Waals surface area contributed by atoms with Crippen molar-refractivity contribution in [2.45, 2.75) is 58.7 Å². The van der Waals surface area contributed by atoms with Crippen molar-refractivity contribution in [1.29, 1.82) is 0 Å². The van der Waals surface area contributed by atoms with E-state index < -0.39 is 8.32 Å². The van der Waals surface area contributed by atoms with Gasteiger partial charge in [-0.25, -0.2) is 0 Å². The molecule has 0 amide bonds. The van der Waals surface area contributed by atoms with Crippen LogP contribution in [-0.2, 0) is 9.22 Å². The standard InChI is InChI=1S/C13H24O2Si/c1-11(14)10-13(15-16(2,3)4)12-8-6-5-7-9-12/h10,12H,5-9H2,1-4H3/b13-10+. The van der Waals surface area contributed by atoms with E-state index in [1.54, 1.807) is 13.0 Å². The van der Waals surface area contributed by atoms with E-state index in [1.807, 2.05) is 0 Å². The Morgan fingerprint density at radius 1 is 1.19 bits per heavy atom. The summed E-state index contributed by atoms with van der Waals surface area (Å²) in [7, 11) is -1.59. The maximum Gasteiger partial charge on any atom is 0.241 e. The zero-order valence-corrected chi connectivity index (χ0v) is 12.0. The lowest BCUT2D eigenvalue weighted by Gasteiger charge is -2.29. The SMILES string of the molecule is CC(=O)/C=C(/O[Si](C)(C)C)C1CCCCC1. The smallest absolute Gasteiger partial charge is 0.241 e. The molecule has 0 saturated heterocycles. The molecule has 0 spiro atoms. The van der Waals surface area contributed by atoms with Crippen LogP contribution in [0.25, 0.3) is 0 Å². The van der Waals surface area contributed by atoms with Gasteiger partial charge in [0.05, 0.1) is 5.76 Å². The number of rotatable bonds is 4. The third kappa shape index (κ3) is 4.97. The molecular weight excluding hydrogens is 216 g/mol. The largest absolute Gasteiger partial charge is 0.547 e. The highest BCUT2D eigenvalue weighted by molar-refractivity contribution is 6.70. The Morgan fingerprint density at radius 2 is 1.75 bits per heavy atom. The van der Waals surface area contributed by atoms with Crippen molar-refractivity contribution in [3.63, 3.8) is 0 Å². The molecule has 0 aromatic carbocycles. The predicted molar refractivity (Wildman–Crippen MR) is 69.8 cm³/mol. The molecule has 1 fully saturated rings. The second kappa shape index (κ2) is 5.67. The summed E-state index contributed by atoms with van der Waals surface area (Å²) in [6.07, 6.45) is 7.96. The molecular formula is C13H24O2Si. The number of ketones is 1. The predicted octanol–water partition coefficient (Wildman–Crippen LogP) is 3.89. The quantitative estimate of drug-likeness (QED) is 0.423. The minimum atomic E-state index is -1.59. The first-order chi connectivity index (χ1) is 7.38. The number of hydrogen-bond acceptors (Lipinski definition) is 2. The Bertz CT molecular complexity index is 270. The third-order valence-electron chi connectivity index (χ3n) is 2.78. The highest BCUT2D eigenvalue weighted by Crippen LogP contribution is 2.31. The summed E-state index contributed by atoms with van der Waals surface area (Å²) >= 11 is 0. The van der Waals surface area contributed by atoms with Crippen LogP contribution in [0.15, 0.2) is 11.8 Å². The Labute approximate surface area is 100 Å². The Hall–Kier alpha value is -0.573. The third-order valence-corrected chi connectivity index (χ3v) is 3.63. The Morgan fingerprint density at radius 3 is 2.19 bits per heavy atom. The molecule has 16 heavy (non-hydrogen) atoms. The molecule has 1 aliphatic carbocycles. The number of hydrogen-bond donors (Lipinski definition) is 0. The molecule has 1 aliphatic rings. The van der Waals surface area contributed by atoms with Crippen LogP contribution in [0.2, 0.25) is 19.6 Å². The van der Waals surface area contributed by atoms with Gasteiger partial charge in [-0.1, -0.05) is 19.3 Å². The van der Waals surface area contributed by atoms with Gasteiger partial charge in [0.15, 0.2) is 5.78 Å². The average molecular weight is 240 g/mol. The molecule has 0 unspecified atom stereocenters. The van der Waals surface area contributed by atoms with Gasteiger partial charge < -0.3 is 4.43 Å². The fraction of sp³-hybridized carbons (Fsp3) is 0.769. The lowest BCUT2D eigenvalue weighted by atomic mass is 9.87. The highest BCUT2D eigenvalue weighted by atomic mass is 28.4. The van der Waals surface area contributed by atoms with Crippen LogP contribution >= 0.6 is 0 Å². The summed E-state index contributed by atoms with van der Waals surface area (Å²) in [5.41, 5.74) is 0. The van der Waals surface area contributed by atoms with Gasteiger partial charge in [-0.2, -0.15) is 0 Å². The molecule has 0 radical (unpaired) electrons. The van der Waals surface area contributed by atoms with Gasteiger partial charge in [-0.05, 0) is 39.4 Å². The van der Waals surface area contributed by atoms with E-state index in [-0.39, 0.29) is 5.78 Å². The zero-order chi connectivity index (χ0) is 12.2. The first-order valence-corrected chi connectivity index (χ1v) is 9.70. The van der Waals surface area contributed by atoms with E-state index >= 15 is 0 Å². The molecule has 0 aromatic rings.